The number of benzene rings is 1. The molecular weight excluding hydrogens is 493 g/mol. The number of hydrogen-bond donors (Lipinski definition) is 2. The SMILES string of the molecule is COc1nc2c(F)c(Br)c(CCC#N)cc2c(N(C(=O)OC(C)(C)C)[C@H]2[C@H]3CN[C@@H]2C3)c1N. The van der Waals surface area contributed by atoms with Crippen molar-refractivity contribution in [3.63, 3.8) is 0 Å². The number of nitrogen functional groups attached to an aromatic ring is 1. The number of nitrogens with one attached hydrogen (secondary N) is 1. The second-order valence-corrected chi connectivity index (χ2v) is 10.2. The van der Waals surface area contributed by atoms with Crippen molar-refractivity contribution in [3.8, 4) is 11.9 Å². The maximum absolute atomic E-state index is 15.5. The number of nitrogens with two attached hydrogens (primary N) is 1. The van der Waals surface area contributed by atoms with Crippen molar-refractivity contribution >= 4 is 44.3 Å². The molecule has 8 nitrogen and oxygen atoms in total. The topological polar surface area (TPSA) is 114 Å². The molecule has 3 atom stereocenters. The van der Waals surface area contributed by atoms with Gasteiger partial charge in [0.2, 0.25) is 5.88 Å². The molecular formula is C23H27BrFN5O3. The van der Waals surface area contributed by atoms with Gasteiger partial charge in [-0.2, -0.15) is 5.26 Å². The van der Waals surface area contributed by atoms with E-state index in [0.29, 0.717) is 23.1 Å². The molecule has 0 unspecified atom stereocenters. The van der Waals surface area contributed by atoms with E-state index >= 15 is 4.39 Å². The average Bonchev–Trinajstić information content (AvgIpc) is 3.38. The van der Waals surface area contributed by atoms with Crippen molar-refractivity contribution in [2.24, 2.45) is 5.92 Å². The third-order valence-corrected chi connectivity index (χ3v) is 6.99. The highest BCUT2D eigenvalue weighted by Gasteiger charge is 2.53. The lowest BCUT2D eigenvalue weighted by Gasteiger charge is -2.44. The van der Waals surface area contributed by atoms with Gasteiger partial charge in [0, 0.05) is 24.4 Å². The van der Waals surface area contributed by atoms with Crippen LogP contribution in [-0.4, -0.2) is 42.4 Å². The van der Waals surface area contributed by atoms with Crippen LogP contribution in [0.1, 0.15) is 39.2 Å². The van der Waals surface area contributed by atoms with Crippen molar-refractivity contribution in [2.75, 3.05) is 24.3 Å². The Kier molecular flexibility index (Phi) is 6.14. The molecule has 3 aliphatic rings. The number of nitriles is 1. The number of methoxy groups -OCH3 is 1. The Morgan fingerprint density at radius 3 is 2.76 bits per heavy atom. The number of carbonyl (C=O) groups is 1. The van der Waals surface area contributed by atoms with Crippen LogP contribution in [0, 0.1) is 23.1 Å². The number of rotatable bonds is 5. The Morgan fingerprint density at radius 2 is 2.21 bits per heavy atom. The van der Waals surface area contributed by atoms with Crippen LogP contribution < -0.4 is 20.7 Å². The number of carbonyl (C=O) groups excluding carboxylic acids is 1. The van der Waals surface area contributed by atoms with E-state index in [-0.39, 0.29) is 46.0 Å². The van der Waals surface area contributed by atoms with Gasteiger partial charge in [-0.1, -0.05) is 0 Å². The van der Waals surface area contributed by atoms with Crippen LogP contribution in [0.2, 0.25) is 0 Å². The number of aromatic nitrogens is 1. The van der Waals surface area contributed by atoms with E-state index in [1.165, 1.54) is 7.11 Å². The minimum absolute atomic E-state index is 0.0248. The van der Waals surface area contributed by atoms with E-state index < -0.39 is 17.5 Å². The summed E-state index contributed by atoms with van der Waals surface area (Å²) in [6.07, 6.45) is 0.925. The molecule has 2 aromatic rings. The van der Waals surface area contributed by atoms with Gasteiger partial charge >= 0.3 is 6.09 Å². The highest BCUT2D eigenvalue weighted by atomic mass is 79.9. The molecule has 2 saturated heterocycles. The van der Waals surface area contributed by atoms with E-state index in [1.54, 1.807) is 31.7 Å². The van der Waals surface area contributed by atoms with Crippen LogP contribution in [0.3, 0.4) is 0 Å². The van der Waals surface area contributed by atoms with Gasteiger partial charge in [0.1, 0.15) is 16.8 Å². The molecule has 1 aromatic heterocycles. The van der Waals surface area contributed by atoms with Gasteiger partial charge in [-0.05, 0) is 67.1 Å². The standard InChI is InChI=1S/C23H27BrFN5O3/c1-23(2,3)33-22(31)30(19-12-9-14(19)28-10-12)20-13-8-11(6-5-7-26)15(24)16(25)18(13)29-21(32-4)17(20)27/h8,12,14,19,28H,5-6,9-10,27H2,1-4H3/t12-,14-,19+/m1/s1. The van der Waals surface area contributed by atoms with E-state index in [1.807, 2.05) is 0 Å². The van der Waals surface area contributed by atoms with Crippen LogP contribution in [0.25, 0.3) is 10.9 Å². The zero-order chi connectivity index (χ0) is 24.1. The maximum Gasteiger partial charge on any atom is 0.415 e. The second kappa shape index (κ2) is 8.61. The number of aryl methyl sites for hydroxylation is 1. The van der Waals surface area contributed by atoms with Crippen LogP contribution in [0.5, 0.6) is 5.88 Å². The molecule has 3 heterocycles. The Labute approximate surface area is 200 Å². The Bertz CT molecular complexity index is 1150. The molecule has 10 heteroatoms. The van der Waals surface area contributed by atoms with Gasteiger partial charge in [0.15, 0.2) is 5.82 Å². The van der Waals surface area contributed by atoms with Gasteiger partial charge in [0.05, 0.1) is 29.4 Å². The fraction of sp³-hybridized carbons (Fsp3) is 0.522. The summed E-state index contributed by atoms with van der Waals surface area (Å²) in [5, 5.41) is 12.8. The lowest BCUT2D eigenvalue weighted by atomic mass is 9.78. The molecule has 0 radical (unpaired) electrons. The molecule has 2 aliphatic heterocycles. The molecule has 1 aliphatic carbocycles. The summed E-state index contributed by atoms with van der Waals surface area (Å²) >= 11 is 3.30. The van der Waals surface area contributed by atoms with Crippen LogP contribution in [0.4, 0.5) is 20.6 Å². The van der Waals surface area contributed by atoms with Crippen molar-refractivity contribution in [1.29, 1.82) is 5.26 Å². The number of halogens is 2. The third-order valence-electron chi connectivity index (χ3n) is 6.13. The lowest BCUT2D eigenvalue weighted by molar-refractivity contribution is 0.0532. The predicted octanol–water partition coefficient (Wildman–Crippen LogP) is 4.29. The molecule has 1 saturated carbocycles. The zero-order valence-electron chi connectivity index (χ0n) is 19.0. The van der Waals surface area contributed by atoms with E-state index in [0.717, 1.165) is 13.0 Å². The summed E-state index contributed by atoms with van der Waals surface area (Å²) in [6.45, 7) is 6.16. The number of hydrogen-bond acceptors (Lipinski definition) is 7. The van der Waals surface area contributed by atoms with Gasteiger partial charge < -0.3 is 20.5 Å². The molecule has 176 valence electrons. The summed E-state index contributed by atoms with van der Waals surface area (Å²) in [6, 6.07) is 3.73. The predicted molar refractivity (Wildman–Crippen MR) is 127 cm³/mol. The maximum atomic E-state index is 15.5. The molecule has 1 amide bonds. The summed E-state index contributed by atoms with van der Waals surface area (Å²) in [5.41, 5.74) is 6.82. The number of amides is 1. The van der Waals surface area contributed by atoms with E-state index in [9.17, 15) is 4.79 Å². The lowest BCUT2D eigenvalue weighted by Crippen LogP contribution is -2.57. The summed E-state index contributed by atoms with van der Waals surface area (Å²) in [7, 11) is 1.40. The number of pyridine rings is 1. The van der Waals surface area contributed by atoms with Gasteiger partial charge in [0.25, 0.3) is 0 Å². The smallest absolute Gasteiger partial charge is 0.415 e. The number of fused-ring (bicyclic) bond motifs is 2. The van der Waals surface area contributed by atoms with Gasteiger partial charge in [-0.3, -0.25) is 4.90 Å². The fourth-order valence-corrected chi connectivity index (χ4v) is 5.17. The highest BCUT2D eigenvalue weighted by molar-refractivity contribution is 9.10. The molecule has 5 rings (SSSR count). The summed E-state index contributed by atoms with van der Waals surface area (Å²) < 4.78 is 26.8. The molecule has 1 aromatic carbocycles. The first kappa shape index (κ1) is 23.5. The number of ether oxygens (including phenoxy) is 2. The first-order valence-corrected chi connectivity index (χ1v) is 11.6. The molecule has 3 N–H and O–H groups in total. The minimum atomic E-state index is -0.737. The summed E-state index contributed by atoms with van der Waals surface area (Å²) in [5.74, 6) is -0.338. The Hall–Kier alpha value is -2.64. The number of nitrogens with zero attached hydrogens (tertiary/aromatic N) is 3. The molecule has 2 bridgehead atoms. The zero-order valence-corrected chi connectivity index (χ0v) is 20.6. The van der Waals surface area contributed by atoms with Crippen molar-refractivity contribution < 1.29 is 18.7 Å². The quantitative estimate of drug-likeness (QED) is 0.605. The summed E-state index contributed by atoms with van der Waals surface area (Å²) in [4.78, 5) is 19.4. The van der Waals surface area contributed by atoms with Crippen molar-refractivity contribution in [2.45, 2.75) is 57.7 Å². The average molecular weight is 520 g/mol. The molecule has 3 fully saturated rings. The first-order chi connectivity index (χ1) is 15.6. The van der Waals surface area contributed by atoms with Crippen LogP contribution in [0.15, 0.2) is 10.5 Å². The Balaban J connectivity index is 1.98. The monoisotopic (exact) mass is 519 g/mol. The molecule has 33 heavy (non-hydrogen) atoms. The molecule has 0 spiro atoms. The van der Waals surface area contributed by atoms with Gasteiger partial charge in [-0.15, -0.1) is 0 Å². The Morgan fingerprint density at radius 1 is 1.48 bits per heavy atom. The van der Waals surface area contributed by atoms with E-state index in [4.69, 9.17) is 20.5 Å². The number of anilines is 2. The normalized spacial score (nSPS) is 21.4. The largest absolute Gasteiger partial charge is 0.479 e. The van der Waals surface area contributed by atoms with Crippen molar-refractivity contribution in [3.05, 3.63) is 21.9 Å². The van der Waals surface area contributed by atoms with Gasteiger partial charge in [-0.25, -0.2) is 14.2 Å². The van der Waals surface area contributed by atoms with E-state index in [2.05, 4.69) is 32.3 Å². The fourth-order valence-electron chi connectivity index (χ4n) is 4.67. The minimum Gasteiger partial charge on any atom is -0.479 e. The van der Waals surface area contributed by atoms with Crippen LogP contribution in [-0.2, 0) is 11.2 Å². The first-order valence-electron chi connectivity index (χ1n) is 10.8. The second-order valence-electron chi connectivity index (χ2n) is 9.45. The highest BCUT2D eigenvalue weighted by Crippen LogP contribution is 2.47. The van der Waals surface area contributed by atoms with Crippen molar-refractivity contribution in [1.82, 2.24) is 10.3 Å². The third kappa shape index (κ3) is 4.08. The van der Waals surface area contributed by atoms with Crippen LogP contribution >= 0.6 is 15.9 Å².